The molecule has 0 saturated heterocycles. The number of rotatable bonds is 8. The Bertz CT molecular complexity index is 639. The van der Waals surface area contributed by atoms with Crippen LogP contribution in [-0.4, -0.2) is 36.1 Å². The second-order valence-corrected chi connectivity index (χ2v) is 6.38. The average Bonchev–Trinajstić information content (AvgIpc) is 3.02. The number of guanidine groups is 1. The predicted molar refractivity (Wildman–Crippen MR) is 98.8 cm³/mol. The molecule has 24 heavy (non-hydrogen) atoms. The van der Waals surface area contributed by atoms with Crippen molar-refractivity contribution in [2.24, 2.45) is 4.99 Å². The molecule has 0 spiro atoms. The molecular formula is C17H25N5OS. The Hall–Kier alpha value is -2.15. The highest BCUT2D eigenvalue weighted by molar-refractivity contribution is 7.09. The van der Waals surface area contributed by atoms with Gasteiger partial charge in [0.25, 0.3) is 0 Å². The zero-order valence-electron chi connectivity index (χ0n) is 14.5. The van der Waals surface area contributed by atoms with Gasteiger partial charge in [-0.15, -0.1) is 11.3 Å². The van der Waals surface area contributed by atoms with Crippen molar-refractivity contribution in [3.63, 3.8) is 0 Å². The minimum Gasteiger partial charge on any atom is -0.478 e. The maximum atomic E-state index is 5.48. The number of aliphatic imine (C=N–C) groups is 1. The normalized spacial score (nSPS) is 11.4. The van der Waals surface area contributed by atoms with Gasteiger partial charge < -0.3 is 15.4 Å². The molecule has 0 fully saturated rings. The van der Waals surface area contributed by atoms with E-state index in [9.17, 15) is 0 Å². The van der Waals surface area contributed by atoms with Gasteiger partial charge in [-0.05, 0) is 18.9 Å². The smallest absolute Gasteiger partial charge is 0.213 e. The number of thiazole rings is 1. The average molecular weight is 347 g/mol. The molecule has 2 aromatic heterocycles. The summed E-state index contributed by atoms with van der Waals surface area (Å²) in [6.45, 7) is 6.25. The molecule has 6 nitrogen and oxygen atoms in total. The van der Waals surface area contributed by atoms with E-state index in [1.54, 1.807) is 18.4 Å². The number of nitrogens with zero attached hydrogens (tertiary/aromatic N) is 3. The molecule has 2 rings (SSSR count). The van der Waals surface area contributed by atoms with Crippen molar-refractivity contribution in [2.75, 3.05) is 20.2 Å². The molecule has 0 amide bonds. The molecule has 0 radical (unpaired) electrons. The van der Waals surface area contributed by atoms with E-state index in [0.29, 0.717) is 19.0 Å². The molecule has 0 atom stereocenters. The molecule has 0 unspecified atom stereocenters. The van der Waals surface area contributed by atoms with Gasteiger partial charge >= 0.3 is 0 Å². The summed E-state index contributed by atoms with van der Waals surface area (Å²) < 4.78 is 5.48. The number of hydrogen-bond donors (Lipinski definition) is 2. The van der Waals surface area contributed by atoms with Crippen molar-refractivity contribution in [2.45, 2.75) is 33.2 Å². The lowest BCUT2D eigenvalue weighted by Crippen LogP contribution is -2.37. The van der Waals surface area contributed by atoms with Gasteiger partial charge in [-0.3, -0.25) is 4.99 Å². The fraction of sp³-hybridized carbons (Fsp3) is 0.471. The van der Waals surface area contributed by atoms with Gasteiger partial charge in [0.05, 0.1) is 17.3 Å². The first-order valence-corrected chi connectivity index (χ1v) is 9.02. The van der Waals surface area contributed by atoms with E-state index in [2.05, 4.69) is 37.9 Å². The van der Waals surface area contributed by atoms with Crippen LogP contribution in [0.25, 0.3) is 0 Å². The van der Waals surface area contributed by atoms with Gasteiger partial charge in [0, 0.05) is 44.2 Å². The number of nitrogens with one attached hydrogen (secondary N) is 2. The minimum atomic E-state index is 0.663. The van der Waals surface area contributed by atoms with Gasteiger partial charge in [-0.1, -0.05) is 13.0 Å². The molecule has 2 aromatic rings. The van der Waals surface area contributed by atoms with Crippen molar-refractivity contribution in [3.8, 4) is 5.88 Å². The molecule has 0 aliphatic heterocycles. The third kappa shape index (κ3) is 6.16. The molecule has 0 saturated carbocycles. The van der Waals surface area contributed by atoms with Gasteiger partial charge in [0.15, 0.2) is 5.96 Å². The Balaban J connectivity index is 1.72. The number of pyridine rings is 1. The molecule has 0 aliphatic carbocycles. The van der Waals surface area contributed by atoms with E-state index in [1.165, 1.54) is 0 Å². The van der Waals surface area contributed by atoms with E-state index in [1.807, 2.05) is 25.3 Å². The zero-order valence-corrected chi connectivity index (χ0v) is 15.3. The second-order valence-electron chi connectivity index (χ2n) is 5.31. The van der Waals surface area contributed by atoms with E-state index in [0.717, 1.165) is 41.6 Å². The second kappa shape index (κ2) is 9.87. The van der Waals surface area contributed by atoms with Crippen molar-refractivity contribution in [3.05, 3.63) is 40.0 Å². The van der Waals surface area contributed by atoms with Crippen molar-refractivity contribution in [1.29, 1.82) is 0 Å². The van der Waals surface area contributed by atoms with Gasteiger partial charge in [-0.25, -0.2) is 9.97 Å². The quantitative estimate of drug-likeness (QED) is 0.567. The summed E-state index contributed by atoms with van der Waals surface area (Å²) in [7, 11) is 1.77. The van der Waals surface area contributed by atoms with E-state index in [-0.39, 0.29) is 0 Å². The standard InChI is InChI=1S/C17H25N5OS/c1-4-9-23-16-6-5-14(10-20-16)11-21-17(18-3)19-8-7-15-12-24-13(2)22-15/h5-6,10,12H,4,7-9,11H2,1-3H3,(H2,18,19,21). The summed E-state index contributed by atoms with van der Waals surface area (Å²) in [6, 6.07) is 3.91. The summed E-state index contributed by atoms with van der Waals surface area (Å²) in [6.07, 6.45) is 3.69. The molecule has 130 valence electrons. The van der Waals surface area contributed by atoms with Crippen LogP contribution in [0.4, 0.5) is 0 Å². The first-order chi connectivity index (χ1) is 11.7. The topological polar surface area (TPSA) is 71.4 Å². The largest absolute Gasteiger partial charge is 0.478 e. The number of ether oxygens (including phenoxy) is 1. The highest BCUT2D eigenvalue weighted by Gasteiger charge is 2.02. The highest BCUT2D eigenvalue weighted by Crippen LogP contribution is 2.08. The third-order valence-electron chi connectivity index (χ3n) is 3.28. The Morgan fingerprint density at radius 3 is 2.83 bits per heavy atom. The van der Waals surface area contributed by atoms with Crippen LogP contribution in [0.1, 0.15) is 29.6 Å². The lowest BCUT2D eigenvalue weighted by atomic mass is 10.3. The first kappa shape index (κ1) is 18.2. The van der Waals surface area contributed by atoms with Gasteiger partial charge in [0.2, 0.25) is 5.88 Å². The van der Waals surface area contributed by atoms with Crippen LogP contribution < -0.4 is 15.4 Å². The molecular weight excluding hydrogens is 322 g/mol. The zero-order chi connectivity index (χ0) is 17.2. The van der Waals surface area contributed by atoms with Crippen LogP contribution in [0.2, 0.25) is 0 Å². The number of aromatic nitrogens is 2. The molecule has 0 bridgehead atoms. The van der Waals surface area contributed by atoms with E-state index < -0.39 is 0 Å². The van der Waals surface area contributed by atoms with Crippen molar-refractivity contribution in [1.82, 2.24) is 20.6 Å². The summed E-state index contributed by atoms with van der Waals surface area (Å²) in [5.74, 6) is 1.44. The van der Waals surface area contributed by atoms with Crippen LogP contribution in [-0.2, 0) is 13.0 Å². The minimum absolute atomic E-state index is 0.663. The third-order valence-corrected chi connectivity index (χ3v) is 4.10. The Labute approximate surface area is 147 Å². The summed E-state index contributed by atoms with van der Waals surface area (Å²) in [5.41, 5.74) is 2.20. The van der Waals surface area contributed by atoms with Gasteiger partial charge in [-0.2, -0.15) is 0 Å². The highest BCUT2D eigenvalue weighted by atomic mass is 32.1. The maximum absolute atomic E-state index is 5.48. The summed E-state index contributed by atoms with van der Waals surface area (Å²) in [5, 5.41) is 9.78. The predicted octanol–water partition coefficient (Wildman–Crippen LogP) is 2.54. The lowest BCUT2D eigenvalue weighted by molar-refractivity contribution is 0.305. The molecule has 7 heteroatoms. The summed E-state index contributed by atoms with van der Waals surface area (Å²) in [4.78, 5) is 13.0. The monoisotopic (exact) mass is 347 g/mol. The van der Waals surface area contributed by atoms with Crippen LogP contribution in [0.5, 0.6) is 5.88 Å². The Morgan fingerprint density at radius 2 is 2.21 bits per heavy atom. The Kier molecular flexibility index (Phi) is 7.48. The molecule has 0 aliphatic rings. The SMILES string of the molecule is CCCOc1ccc(CNC(=NC)NCCc2csc(C)n2)cn1. The van der Waals surface area contributed by atoms with Crippen LogP contribution in [0, 0.1) is 6.92 Å². The fourth-order valence-corrected chi connectivity index (χ4v) is 2.69. The first-order valence-electron chi connectivity index (χ1n) is 8.14. The molecule has 0 aromatic carbocycles. The summed E-state index contributed by atoms with van der Waals surface area (Å²) >= 11 is 1.68. The van der Waals surface area contributed by atoms with E-state index >= 15 is 0 Å². The lowest BCUT2D eigenvalue weighted by Gasteiger charge is -2.11. The van der Waals surface area contributed by atoms with Crippen LogP contribution in [0.3, 0.4) is 0 Å². The van der Waals surface area contributed by atoms with E-state index in [4.69, 9.17) is 4.74 Å². The Morgan fingerprint density at radius 1 is 1.33 bits per heavy atom. The van der Waals surface area contributed by atoms with Gasteiger partial charge in [0.1, 0.15) is 0 Å². The van der Waals surface area contributed by atoms with Crippen LogP contribution >= 0.6 is 11.3 Å². The fourth-order valence-electron chi connectivity index (χ4n) is 2.05. The number of aryl methyl sites for hydroxylation is 1. The number of hydrogen-bond acceptors (Lipinski definition) is 5. The maximum Gasteiger partial charge on any atom is 0.213 e. The van der Waals surface area contributed by atoms with Crippen molar-refractivity contribution < 1.29 is 4.74 Å². The molecule has 2 heterocycles. The molecule has 2 N–H and O–H groups in total. The van der Waals surface area contributed by atoms with Crippen molar-refractivity contribution >= 4 is 17.3 Å². The van der Waals surface area contributed by atoms with Crippen LogP contribution in [0.15, 0.2) is 28.7 Å².